The van der Waals surface area contributed by atoms with Gasteiger partial charge in [-0.2, -0.15) is 0 Å². The Bertz CT molecular complexity index is 1380. The van der Waals surface area contributed by atoms with Gasteiger partial charge in [0.2, 0.25) is 21.8 Å². The van der Waals surface area contributed by atoms with Gasteiger partial charge in [-0.3, -0.25) is 13.9 Å². The highest BCUT2D eigenvalue weighted by atomic mass is 32.2. The number of anilines is 1. The molecule has 0 aliphatic heterocycles. The van der Waals surface area contributed by atoms with Crippen molar-refractivity contribution >= 4 is 27.5 Å². The Morgan fingerprint density at radius 1 is 0.900 bits per heavy atom. The third-order valence-electron chi connectivity index (χ3n) is 6.14. The fraction of sp³-hybridized carbons (Fsp3) is 0.355. The molecule has 0 aromatic heterocycles. The largest absolute Gasteiger partial charge is 0.457 e. The SMILES string of the molecule is CC[C@H](C(=O)NC(C)(C)C)N(Cc1ccc(C)cc1)C(=O)CN(c1ccc(Oc2ccccc2)cc1)S(C)(=O)=O. The summed E-state index contributed by atoms with van der Waals surface area (Å²) in [4.78, 5) is 28.6. The number of carbonyl (C=O) groups is 2. The van der Waals surface area contributed by atoms with E-state index >= 15 is 0 Å². The van der Waals surface area contributed by atoms with Gasteiger partial charge in [0, 0.05) is 12.1 Å². The second-order valence-electron chi connectivity index (χ2n) is 10.8. The summed E-state index contributed by atoms with van der Waals surface area (Å²) in [7, 11) is -3.83. The topological polar surface area (TPSA) is 96.0 Å². The molecule has 1 atom stereocenters. The molecule has 0 fully saturated rings. The first-order chi connectivity index (χ1) is 18.8. The number of nitrogens with zero attached hydrogens (tertiary/aromatic N) is 2. The second kappa shape index (κ2) is 13.0. The molecule has 0 saturated carbocycles. The van der Waals surface area contributed by atoms with Crippen LogP contribution in [-0.2, 0) is 26.2 Å². The van der Waals surface area contributed by atoms with Crippen LogP contribution < -0.4 is 14.4 Å². The van der Waals surface area contributed by atoms with Gasteiger partial charge in [0.25, 0.3) is 0 Å². The maximum absolute atomic E-state index is 13.8. The van der Waals surface area contributed by atoms with Crippen molar-refractivity contribution in [2.24, 2.45) is 0 Å². The van der Waals surface area contributed by atoms with Crippen LogP contribution in [0.3, 0.4) is 0 Å². The van der Waals surface area contributed by atoms with Crippen molar-refractivity contribution in [2.75, 3.05) is 17.1 Å². The molecular weight excluding hydrogens is 526 g/mol. The van der Waals surface area contributed by atoms with Crippen molar-refractivity contribution in [1.82, 2.24) is 10.2 Å². The first kappa shape index (κ1) is 30.7. The van der Waals surface area contributed by atoms with Crippen LogP contribution in [0.2, 0.25) is 0 Å². The fourth-order valence-electron chi connectivity index (χ4n) is 4.18. The zero-order valence-corrected chi connectivity index (χ0v) is 24.9. The van der Waals surface area contributed by atoms with Crippen molar-refractivity contribution < 1.29 is 22.7 Å². The minimum absolute atomic E-state index is 0.163. The van der Waals surface area contributed by atoms with Crippen LogP contribution in [0.5, 0.6) is 11.5 Å². The van der Waals surface area contributed by atoms with Crippen LogP contribution >= 0.6 is 0 Å². The molecule has 40 heavy (non-hydrogen) atoms. The van der Waals surface area contributed by atoms with Crippen LogP contribution in [0, 0.1) is 6.92 Å². The fourth-order valence-corrected chi connectivity index (χ4v) is 5.03. The Morgan fingerprint density at radius 2 is 1.48 bits per heavy atom. The molecule has 0 aliphatic carbocycles. The number of ether oxygens (including phenoxy) is 1. The van der Waals surface area contributed by atoms with Crippen LogP contribution in [0.25, 0.3) is 0 Å². The summed E-state index contributed by atoms with van der Waals surface area (Å²) in [5.41, 5.74) is 1.74. The predicted molar refractivity (Wildman–Crippen MR) is 159 cm³/mol. The van der Waals surface area contributed by atoms with E-state index < -0.39 is 34.1 Å². The average Bonchev–Trinajstić information content (AvgIpc) is 2.87. The molecule has 214 valence electrons. The summed E-state index contributed by atoms with van der Waals surface area (Å²) < 4.78 is 32.6. The van der Waals surface area contributed by atoms with E-state index in [0.29, 0.717) is 23.6 Å². The van der Waals surface area contributed by atoms with E-state index in [1.807, 2.05) is 89.2 Å². The van der Waals surface area contributed by atoms with E-state index in [2.05, 4.69) is 5.32 Å². The summed E-state index contributed by atoms with van der Waals surface area (Å²) in [6.45, 7) is 9.14. The zero-order chi connectivity index (χ0) is 29.5. The van der Waals surface area contributed by atoms with E-state index in [-0.39, 0.29) is 12.5 Å². The van der Waals surface area contributed by atoms with Crippen molar-refractivity contribution in [3.8, 4) is 11.5 Å². The number of rotatable bonds is 11. The van der Waals surface area contributed by atoms with E-state index in [0.717, 1.165) is 21.7 Å². The molecule has 8 nitrogen and oxygen atoms in total. The second-order valence-corrected chi connectivity index (χ2v) is 12.8. The highest BCUT2D eigenvalue weighted by Crippen LogP contribution is 2.26. The lowest BCUT2D eigenvalue weighted by molar-refractivity contribution is -0.141. The first-order valence-corrected chi connectivity index (χ1v) is 15.1. The minimum atomic E-state index is -3.83. The number of nitrogens with one attached hydrogen (secondary N) is 1. The van der Waals surface area contributed by atoms with Crippen LogP contribution in [-0.4, -0.2) is 49.5 Å². The number of para-hydroxylation sites is 1. The number of hydrogen-bond donors (Lipinski definition) is 1. The third-order valence-corrected chi connectivity index (χ3v) is 7.28. The van der Waals surface area contributed by atoms with Gasteiger partial charge >= 0.3 is 0 Å². The molecule has 9 heteroatoms. The van der Waals surface area contributed by atoms with E-state index in [1.165, 1.54) is 4.90 Å². The third kappa shape index (κ3) is 8.84. The summed E-state index contributed by atoms with van der Waals surface area (Å²) in [6.07, 6.45) is 1.42. The quantitative estimate of drug-likeness (QED) is 0.342. The first-order valence-electron chi connectivity index (χ1n) is 13.2. The minimum Gasteiger partial charge on any atom is -0.457 e. The van der Waals surface area contributed by atoms with Gasteiger partial charge in [0.1, 0.15) is 24.1 Å². The molecule has 0 saturated heterocycles. The van der Waals surface area contributed by atoms with Gasteiger partial charge in [-0.25, -0.2) is 8.42 Å². The Morgan fingerprint density at radius 3 is 2.00 bits per heavy atom. The Kier molecular flexibility index (Phi) is 9.98. The number of aryl methyl sites for hydroxylation is 1. The van der Waals surface area contributed by atoms with Crippen LogP contribution in [0.15, 0.2) is 78.9 Å². The zero-order valence-electron chi connectivity index (χ0n) is 24.0. The highest BCUT2D eigenvalue weighted by molar-refractivity contribution is 7.92. The molecule has 3 aromatic rings. The van der Waals surface area contributed by atoms with Gasteiger partial charge in [-0.1, -0.05) is 55.0 Å². The standard InChI is InChI=1S/C31H39N3O5S/c1-7-28(30(36)32-31(3,4)5)33(21-24-15-13-23(2)14-16-24)29(35)22-34(40(6,37)38)25-17-19-27(20-18-25)39-26-11-9-8-10-12-26/h8-20,28H,7,21-22H2,1-6H3,(H,32,36)/t28-/m1/s1. The highest BCUT2D eigenvalue weighted by Gasteiger charge is 2.33. The molecule has 3 rings (SSSR count). The molecule has 0 heterocycles. The van der Waals surface area contributed by atoms with E-state index in [1.54, 1.807) is 24.3 Å². The maximum Gasteiger partial charge on any atom is 0.244 e. The lowest BCUT2D eigenvalue weighted by Crippen LogP contribution is -2.55. The van der Waals surface area contributed by atoms with Gasteiger partial charge in [0.05, 0.1) is 11.9 Å². The van der Waals surface area contributed by atoms with Crippen molar-refractivity contribution in [2.45, 2.75) is 59.2 Å². The molecule has 0 bridgehead atoms. The van der Waals surface area contributed by atoms with Crippen LogP contribution in [0.4, 0.5) is 5.69 Å². The Balaban J connectivity index is 1.90. The lowest BCUT2D eigenvalue weighted by Gasteiger charge is -2.34. The molecule has 0 radical (unpaired) electrons. The van der Waals surface area contributed by atoms with E-state index in [9.17, 15) is 18.0 Å². The normalized spacial score (nSPS) is 12.3. The monoisotopic (exact) mass is 565 g/mol. The number of amides is 2. The molecule has 3 aromatic carbocycles. The van der Waals surface area contributed by atoms with Crippen molar-refractivity contribution in [3.05, 3.63) is 90.0 Å². The van der Waals surface area contributed by atoms with E-state index in [4.69, 9.17) is 4.74 Å². The predicted octanol–water partition coefficient (Wildman–Crippen LogP) is 5.28. The van der Waals surface area contributed by atoms with Gasteiger partial charge in [-0.15, -0.1) is 0 Å². The number of hydrogen-bond acceptors (Lipinski definition) is 5. The molecule has 1 N–H and O–H groups in total. The molecule has 0 spiro atoms. The van der Waals surface area contributed by atoms with Gasteiger partial charge in [0.15, 0.2) is 0 Å². The molecule has 0 unspecified atom stereocenters. The summed E-state index contributed by atoms with van der Waals surface area (Å²) in [6, 6.07) is 22.6. The van der Waals surface area contributed by atoms with Crippen LogP contribution in [0.1, 0.15) is 45.2 Å². The van der Waals surface area contributed by atoms with Crippen molar-refractivity contribution in [1.29, 1.82) is 0 Å². The Labute approximate surface area is 238 Å². The molecule has 0 aliphatic rings. The molecular formula is C31H39N3O5S. The maximum atomic E-state index is 13.8. The number of sulfonamides is 1. The number of carbonyl (C=O) groups excluding carboxylic acids is 2. The smallest absolute Gasteiger partial charge is 0.244 e. The summed E-state index contributed by atoms with van der Waals surface area (Å²) >= 11 is 0. The number of benzene rings is 3. The van der Waals surface area contributed by atoms with Crippen molar-refractivity contribution in [3.63, 3.8) is 0 Å². The Hall–Kier alpha value is -3.85. The molecule has 2 amide bonds. The summed E-state index contributed by atoms with van der Waals surface area (Å²) in [5.74, 6) is 0.409. The lowest BCUT2D eigenvalue weighted by atomic mass is 10.1. The van der Waals surface area contributed by atoms with Gasteiger partial charge in [-0.05, 0) is 76.1 Å². The van der Waals surface area contributed by atoms with Gasteiger partial charge < -0.3 is 15.0 Å². The summed E-state index contributed by atoms with van der Waals surface area (Å²) in [5, 5.41) is 2.96. The average molecular weight is 566 g/mol.